The van der Waals surface area contributed by atoms with Crippen molar-refractivity contribution < 1.29 is 7.13 Å². The molecule has 0 N–H and O–H groups in total. The molecule has 80 valence electrons. The Kier molecular flexibility index (Phi) is 2.54. The second-order valence-electron chi connectivity index (χ2n) is 3.79. The first-order valence-electron chi connectivity index (χ1n) is 5.82. The van der Waals surface area contributed by atoms with E-state index < -0.39 is 0 Å². The molecule has 0 radical (unpaired) electrons. The molecule has 3 heteroatoms. The van der Waals surface area contributed by atoms with Crippen molar-refractivity contribution in [3.05, 3.63) is 34.5 Å². The number of hydrogen-bond donors (Lipinski definition) is 0. The van der Waals surface area contributed by atoms with Gasteiger partial charge < -0.3 is 0 Å². The molecule has 0 aliphatic rings. The maximum atomic E-state index is 13.2. The van der Waals surface area contributed by atoms with Crippen molar-refractivity contribution in [2.75, 3.05) is 20.6 Å². The van der Waals surface area contributed by atoms with Crippen LogP contribution in [0.15, 0.2) is 23.1 Å². The summed E-state index contributed by atoms with van der Waals surface area (Å²) >= 11 is -0.130. The van der Waals surface area contributed by atoms with Gasteiger partial charge in [-0.3, -0.25) is 0 Å². The molecule has 0 bridgehead atoms. The van der Waals surface area contributed by atoms with Gasteiger partial charge in [0.25, 0.3) is 0 Å². The van der Waals surface area contributed by atoms with E-state index in [9.17, 15) is 4.39 Å². The van der Waals surface area contributed by atoms with E-state index in [0.717, 1.165) is 28.2 Å². The number of rotatable bonds is 3. The van der Waals surface area contributed by atoms with E-state index in [1.807, 2.05) is 14.1 Å². The molecule has 0 aliphatic carbocycles. The molecule has 1 heterocycles. The van der Waals surface area contributed by atoms with Crippen molar-refractivity contribution in [2.24, 2.45) is 0 Å². The Balaban J connectivity index is 2.51. The number of halogens is 1. The van der Waals surface area contributed by atoms with Gasteiger partial charge >= 0.3 is 97.7 Å². The van der Waals surface area contributed by atoms with E-state index in [0.29, 0.717) is 4.92 Å². The van der Waals surface area contributed by atoms with Gasteiger partial charge in [-0.1, -0.05) is 0 Å². The Labute approximate surface area is 98.1 Å². The van der Waals surface area contributed by atoms with Crippen LogP contribution >= 0.6 is 0 Å². The molecule has 0 saturated heterocycles. The van der Waals surface area contributed by atoms with Crippen LogP contribution in [-0.4, -0.2) is 40.0 Å². The number of hydrogen-bond acceptors (Lipinski definition) is 1. The number of fused-ring (bicyclic) bond motifs is 1. The summed E-state index contributed by atoms with van der Waals surface area (Å²) in [4.78, 5) is 2.65. The van der Waals surface area contributed by atoms with Gasteiger partial charge in [0, 0.05) is 0 Å². The third-order valence-corrected chi connectivity index (χ3v) is 4.13. The molecular weight excluding hydrogens is 256 g/mol. The summed E-state index contributed by atoms with van der Waals surface area (Å²) in [5.41, 5.74) is 0.929. The normalized spacial score (nSPS) is 13.3. The van der Waals surface area contributed by atoms with E-state index >= 15 is 0 Å². The fraction of sp³-hybridized carbons (Fsp3) is 0.333. The standard InChI is InChI=1S/C12H14FNSe/c1-14(2)6-5-9-8-15-12-7-10(13)3-4-11(9)12/h3-4,7-8H,5-6H2,1-2H3/i4D,8D. The molecule has 1 aromatic heterocycles. The van der Waals surface area contributed by atoms with E-state index in [1.54, 1.807) is 0 Å². The van der Waals surface area contributed by atoms with Gasteiger partial charge in [0.2, 0.25) is 0 Å². The fourth-order valence-corrected chi connectivity index (χ4v) is 3.32. The maximum absolute atomic E-state index is 13.2. The van der Waals surface area contributed by atoms with Crippen molar-refractivity contribution in [2.45, 2.75) is 6.42 Å². The number of likely N-dealkylation sites (N-methyl/N-ethyl adjacent to an activating group) is 1. The molecule has 1 nitrogen and oxygen atoms in total. The van der Waals surface area contributed by atoms with Crippen LogP contribution < -0.4 is 0 Å². The van der Waals surface area contributed by atoms with Gasteiger partial charge in [-0.25, -0.2) is 0 Å². The molecule has 1 aromatic carbocycles. The van der Waals surface area contributed by atoms with Gasteiger partial charge in [0.1, 0.15) is 0 Å². The quantitative estimate of drug-likeness (QED) is 0.774. The third-order valence-electron chi connectivity index (χ3n) is 2.26. The van der Waals surface area contributed by atoms with E-state index in [2.05, 4.69) is 4.90 Å². The van der Waals surface area contributed by atoms with Crippen molar-refractivity contribution in [1.82, 2.24) is 4.90 Å². The summed E-state index contributed by atoms with van der Waals surface area (Å²) in [6, 6.07) is 2.94. The summed E-state index contributed by atoms with van der Waals surface area (Å²) in [6.07, 6.45) is 0.762. The average Bonchev–Trinajstić information content (AvgIpc) is 2.51. The summed E-state index contributed by atoms with van der Waals surface area (Å²) in [5, 5.41) is 0.804. The Hall–Kier alpha value is -0.631. The zero-order valence-corrected chi connectivity index (χ0v) is 10.5. The molecular formula is C12H14FNSe. The van der Waals surface area contributed by atoms with Crippen LogP contribution in [0.4, 0.5) is 4.39 Å². The number of nitrogens with zero attached hydrogens (tertiary/aromatic N) is 1. The second-order valence-corrected chi connectivity index (χ2v) is 5.57. The number of benzene rings is 1. The minimum atomic E-state index is -0.364. The zero-order valence-electron chi connectivity index (χ0n) is 10.8. The molecule has 0 aliphatic heterocycles. The van der Waals surface area contributed by atoms with Crippen molar-refractivity contribution in [3.63, 3.8) is 0 Å². The van der Waals surface area contributed by atoms with Gasteiger partial charge in [-0.15, -0.1) is 0 Å². The Morgan fingerprint density at radius 2 is 2.33 bits per heavy atom. The van der Waals surface area contributed by atoms with E-state index in [-0.39, 0.29) is 26.4 Å². The van der Waals surface area contributed by atoms with Crippen LogP contribution in [-0.2, 0) is 6.42 Å². The summed E-state index contributed by atoms with van der Waals surface area (Å²) in [5.74, 6) is -0.364. The van der Waals surface area contributed by atoms with Crippen LogP contribution in [0.2, 0.25) is 0 Å². The first-order chi connectivity index (χ1) is 7.99. The Morgan fingerprint density at radius 1 is 1.53 bits per heavy atom. The zero-order chi connectivity index (χ0) is 12.6. The molecule has 0 spiro atoms. The molecule has 0 amide bonds. The van der Waals surface area contributed by atoms with Crippen molar-refractivity contribution >= 4 is 24.1 Å². The average molecular weight is 272 g/mol. The molecule has 0 saturated carbocycles. The van der Waals surface area contributed by atoms with Gasteiger partial charge in [0.05, 0.1) is 0 Å². The van der Waals surface area contributed by atoms with Crippen LogP contribution in [0, 0.1) is 5.82 Å². The molecule has 0 fully saturated rings. The summed E-state index contributed by atoms with van der Waals surface area (Å²) in [7, 11) is 3.97. The Bertz CT molecular complexity index is 551. The van der Waals surface area contributed by atoms with Gasteiger partial charge in [-0.2, -0.15) is 0 Å². The van der Waals surface area contributed by atoms with E-state index in [1.165, 1.54) is 12.1 Å². The fourth-order valence-electron chi connectivity index (χ4n) is 1.45. The van der Waals surface area contributed by atoms with Crippen LogP contribution in [0.5, 0.6) is 0 Å². The van der Waals surface area contributed by atoms with Crippen LogP contribution in [0.1, 0.15) is 8.30 Å². The second kappa shape index (κ2) is 4.48. The topological polar surface area (TPSA) is 3.24 Å². The first kappa shape index (κ1) is 8.51. The summed E-state index contributed by atoms with van der Waals surface area (Å²) < 4.78 is 29.8. The summed E-state index contributed by atoms with van der Waals surface area (Å²) in [6.45, 7) is 0.851. The van der Waals surface area contributed by atoms with Crippen molar-refractivity contribution in [3.8, 4) is 0 Å². The minimum absolute atomic E-state index is 0.130. The Morgan fingerprint density at radius 3 is 3.07 bits per heavy atom. The van der Waals surface area contributed by atoms with Crippen LogP contribution in [0.25, 0.3) is 9.65 Å². The van der Waals surface area contributed by atoms with E-state index in [4.69, 9.17) is 2.74 Å². The van der Waals surface area contributed by atoms with Crippen molar-refractivity contribution in [1.29, 1.82) is 0 Å². The predicted molar refractivity (Wildman–Crippen MR) is 63.1 cm³/mol. The monoisotopic (exact) mass is 273 g/mol. The molecule has 2 aromatic rings. The van der Waals surface area contributed by atoms with Crippen LogP contribution in [0.3, 0.4) is 0 Å². The molecule has 0 unspecified atom stereocenters. The third kappa shape index (κ3) is 2.49. The molecule has 0 atom stereocenters. The first-order valence-corrected chi connectivity index (χ1v) is 6.53. The molecule has 2 rings (SSSR count). The SMILES string of the molecule is [2H]c1[se]c2cc(F)cc([2H])c2c1CCN(C)C. The molecule has 15 heavy (non-hydrogen) atoms. The predicted octanol–water partition coefficient (Wildman–Crippen LogP) is 2.14. The van der Waals surface area contributed by atoms with Gasteiger partial charge in [0.15, 0.2) is 0 Å². The van der Waals surface area contributed by atoms with Gasteiger partial charge in [-0.05, 0) is 0 Å².